The minimum Gasteiger partial charge on any atom is -0.370 e. The highest BCUT2D eigenvalue weighted by Gasteiger charge is 2.12. The molecule has 0 spiro atoms. The standard InChI is InChI=1S/C15H27N3S/c1-5-9-18(11-10-17(2)3)14-7-6-8-15(19-4)13(14)12-16/h6-8H,5,9-12,16H2,1-4H3. The average Bonchev–Trinajstić information content (AvgIpc) is 2.42. The normalized spacial score (nSPS) is 11.1. The second-order valence-corrected chi connectivity index (χ2v) is 5.80. The summed E-state index contributed by atoms with van der Waals surface area (Å²) in [6, 6.07) is 6.50. The van der Waals surface area contributed by atoms with Crippen LogP contribution in [-0.2, 0) is 6.54 Å². The van der Waals surface area contributed by atoms with E-state index in [2.05, 4.69) is 55.3 Å². The Morgan fingerprint density at radius 2 is 1.89 bits per heavy atom. The summed E-state index contributed by atoms with van der Waals surface area (Å²) in [6.07, 6.45) is 3.27. The van der Waals surface area contributed by atoms with Gasteiger partial charge in [0.05, 0.1) is 0 Å². The molecule has 0 radical (unpaired) electrons. The van der Waals surface area contributed by atoms with Crippen LogP contribution < -0.4 is 10.6 Å². The first-order valence-electron chi connectivity index (χ1n) is 6.89. The topological polar surface area (TPSA) is 32.5 Å². The quantitative estimate of drug-likeness (QED) is 0.743. The molecular formula is C15H27N3S. The van der Waals surface area contributed by atoms with E-state index in [0.717, 1.165) is 26.1 Å². The molecule has 0 aliphatic heterocycles. The van der Waals surface area contributed by atoms with Gasteiger partial charge in [-0.15, -0.1) is 11.8 Å². The third-order valence-electron chi connectivity index (χ3n) is 3.18. The fraction of sp³-hybridized carbons (Fsp3) is 0.600. The molecule has 0 unspecified atom stereocenters. The van der Waals surface area contributed by atoms with E-state index < -0.39 is 0 Å². The summed E-state index contributed by atoms with van der Waals surface area (Å²) < 4.78 is 0. The molecule has 0 aliphatic carbocycles. The largest absolute Gasteiger partial charge is 0.370 e. The summed E-state index contributed by atoms with van der Waals surface area (Å²) in [4.78, 5) is 5.98. The lowest BCUT2D eigenvalue weighted by molar-refractivity contribution is 0.412. The molecule has 0 atom stereocenters. The Morgan fingerprint density at radius 3 is 2.42 bits per heavy atom. The SMILES string of the molecule is CCCN(CCN(C)C)c1cccc(SC)c1CN. The Hall–Kier alpha value is -0.710. The van der Waals surface area contributed by atoms with E-state index in [9.17, 15) is 0 Å². The van der Waals surface area contributed by atoms with Gasteiger partial charge in [-0.1, -0.05) is 13.0 Å². The second-order valence-electron chi connectivity index (χ2n) is 4.95. The van der Waals surface area contributed by atoms with Gasteiger partial charge in [0.2, 0.25) is 0 Å². The smallest absolute Gasteiger partial charge is 0.0423 e. The molecule has 0 bridgehead atoms. The first-order chi connectivity index (χ1) is 9.13. The van der Waals surface area contributed by atoms with Gasteiger partial charge in [-0.25, -0.2) is 0 Å². The Kier molecular flexibility index (Phi) is 7.28. The number of anilines is 1. The van der Waals surface area contributed by atoms with Crippen molar-refractivity contribution in [3.05, 3.63) is 23.8 Å². The van der Waals surface area contributed by atoms with E-state index in [1.807, 2.05) is 0 Å². The van der Waals surface area contributed by atoms with Crippen LogP contribution in [0.2, 0.25) is 0 Å². The van der Waals surface area contributed by atoms with E-state index in [-0.39, 0.29) is 0 Å². The van der Waals surface area contributed by atoms with Crippen LogP contribution in [0.15, 0.2) is 23.1 Å². The average molecular weight is 281 g/mol. The third-order valence-corrected chi connectivity index (χ3v) is 4.01. The van der Waals surface area contributed by atoms with Crippen molar-refractivity contribution in [1.29, 1.82) is 0 Å². The van der Waals surface area contributed by atoms with Gasteiger partial charge in [-0.2, -0.15) is 0 Å². The molecule has 1 aromatic carbocycles. The third kappa shape index (κ3) is 4.71. The van der Waals surface area contributed by atoms with Crippen LogP contribution in [0.1, 0.15) is 18.9 Å². The van der Waals surface area contributed by atoms with Gasteiger partial charge in [0.25, 0.3) is 0 Å². The number of thioether (sulfide) groups is 1. The highest BCUT2D eigenvalue weighted by atomic mass is 32.2. The predicted octanol–water partition coefficient (Wildman–Crippen LogP) is 2.65. The van der Waals surface area contributed by atoms with Crippen LogP contribution in [0.4, 0.5) is 5.69 Å². The van der Waals surface area contributed by atoms with Crippen molar-refractivity contribution < 1.29 is 0 Å². The molecular weight excluding hydrogens is 254 g/mol. The number of benzene rings is 1. The van der Waals surface area contributed by atoms with Crippen molar-refractivity contribution in [1.82, 2.24) is 4.90 Å². The fourth-order valence-corrected chi connectivity index (χ4v) is 2.84. The number of hydrogen-bond donors (Lipinski definition) is 1. The molecule has 1 aromatic rings. The van der Waals surface area contributed by atoms with Crippen molar-refractivity contribution in [3.63, 3.8) is 0 Å². The van der Waals surface area contributed by atoms with Crippen LogP contribution in [0.25, 0.3) is 0 Å². The lowest BCUT2D eigenvalue weighted by atomic mass is 10.1. The maximum absolute atomic E-state index is 5.97. The van der Waals surface area contributed by atoms with Gasteiger partial charge >= 0.3 is 0 Å². The summed E-state index contributed by atoms with van der Waals surface area (Å²) in [5.74, 6) is 0. The summed E-state index contributed by atoms with van der Waals surface area (Å²) in [6.45, 7) is 6.02. The molecule has 3 nitrogen and oxygen atoms in total. The van der Waals surface area contributed by atoms with Crippen LogP contribution in [-0.4, -0.2) is 44.9 Å². The van der Waals surface area contributed by atoms with Crippen molar-refractivity contribution in [2.75, 3.05) is 44.9 Å². The predicted molar refractivity (Wildman–Crippen MR) is 87.2 cm³/mol. The Labute approximate surface area is 122 Å². The molecule has 0 heterocycles. The summed E-state index contributed by atoms with van der Waals surface area (Å²) in [5.41, 5.74) is 8.55. The monoisotopic (exact) mass is 281 g/mol. The van der Waals surface area contributed by atoms with Gasteiger partial charge < -0.3 is 15.5 Å². The maximum atomic E-state index is 5.97. The molecule has 0 fully saturated rings. The van der Waals surface area contributed by atoms with E-state index >= 15 is 0 Å². The lowest BCUT2D eigenvalue weighted by Crippen LogP contribution is -2.33. The first kappa shape index (κ1) is 16.3. The van der Waals surface area contributed by atoms with Crippen molar-refractivity contribution in [2.24, 2.45) is 5.73 Å². The second kappa shape index (κ2) is 8.46. The minimum absolute atomic E-state index is 0.606. The molecule has 0 amide bonds. The highest BCUT2D eigenvalue weighted by molar-refractivity contribution is 7.98. The highest BCUT2D eigenvalue weighted by Crippen LogP contribution is 2.29. The van der Waals surface area contributed by atoms with Crippen LogP contribution >= 0.6 is 11.8 Å². The zero-order valence-corrected chi connectivity index (χ0v) is 13.5. The number of likely N-dealkylation sites (N-methyl/N-ethyl adjacent to an activating group) is 1. The van der Waals surface area contributed by atoms with E-state index in [4.69, 9.17) is 5.73 Å². The molecule has 0 aliphatic rings. The van der Waals surface area contributed by atoms with E-state index in [1.54, 1.807) is 11.8 Å². The van der Waals surface area contributed by atoms with Gasteiger partial charge in [-0.05, 0) is 38.9 Å². The Balaban J connectivity index is 3.00. The number of hydrogen-bond acceptors (Lipinski definition) is 4. The van der Waals surface area contributed by atoms with E-state index in [0.29, 0.717) is 6.54 Å². The molecule has 108 valence electrons. The zero-order chi connectivity index (χ0) is 14.3. The molecule has 0 saturated heterocycles. The van der Waals surface area contributed by atoms with Crippen molar-refractivity contribution in [2.45, 2.75) is 24.8 Å². The van der Waals surface area contributed by atoms with Gasteiger partial charge in [-0.3, -0.25) is 0 Å². The summed E-state index contributed by atoms with van der Waals surface area (Å²) in [7, 11) is 4.23. The van der Waals surface area contributed by atoms with Crippen molar-refractivity contribution >= 4 is 17.4 Å². The number of nitrogens with zero attached hydrogens (tertiary/aromatic N) is 2. The molecule has 2 N–H and O–H groups in total. The zero-order valence-electron chi connectivity index (χ0n) is 12.6. The van der Waals surface area contributed by atoms with Gasteiger partial charge in [0, 0.05) is 42.3 Å². The Morgan fingerprint density at radius 1 is 1.16 bits per heavy atom. The molecule has 0 aromatic heterocycles. The molecule has 4 heteroatoms. The lowest BCUT2D eigenvalue weighted by Gasteiger charge is -2.28. The van der Waals surface area contributed by atoms with Crippen LogP contribution in [0.5, 0.6) is 0 Å². The molecule has 1 rings (SSSR count). The first-order valence-corrected chi connectivity index (χ1v) is 8.12. The maximum Gasteiger partial charge on any atom is 0.0423 e. The van der Waals surface area contributed by atoms with Crippen molar-refractivity contribution in [3.8, 4) is 0 Å². The number of rotatable bonds is 8. The van der Waals surface area contributed by atoms with Crippen LogP contribution in [0.3, 0.4) is 0 Å². The van der Waals surface area contributed by atoms with Gasteiger partial charge in [0.15, 0.2) is 0 Å². The molecule has 19 heavy (non-hydrogen) atoms. The molecule has 0 saturated carbocycles. The van der Waals surface area contributed by atoms with E-state index in [1.165, 1.54) is 16.1 Å². The summed E-state index contributed by atoms with van der Waals surface area (Å²) in [5, 5.41) is 0. The van der Waals surface area contributed by atoms with Gasteiger partial charge in [0.1, 0.15) is 0 Å². The Bertz CT molecular complexity index is 380. The number of nitrogens with two attached hydrogens (primary N) is 1. The van der Waals surface area contributed by atoms with Crippen LogP contribution in [0, 0.1) is 0 Å². The minimum atomic E-state index is 0.606. The fourth-order valence-electron chi connectivity index (χ4n) is 2.19. The summed E-state index contributed by atoms with van der Waals surface area (Å²) >= 11 is 1.78.